The highest BCUT2D eigenvalue weighted by atomic mass is 16.2. The lowest BCUT2D eigenvalue weighted by Crippen LogP contribution is -2.40. The summed E-state index contributed by atoms with van der Waals surface area (Å²) in [6.45, 7) is 3.75. The second-order valence-electron chi connectivity index (χ2n) is 7.55. The molecule has 1 saturated carbocycles. The SMILES string of the molecule is CC(C)[C@H](N)C(=O)C(=O)CCCCCCC1CC2C=CC1C2. The molecule has 0 saturated heterocycles. The third-order valence-corrected chi connectivity index (χ3v) is 5.44. The quantitative estimate of drug-likeness (QED) is 0.380. The van der Waals surface area contributed by atoms with Crippen molar-refractivity contribution in [1.82, 2.24) is 0 Å². The number of allylic oxidation sites excluding steroid dienone is 2. The molecule has 0 amide bonds. The van der Waals surface area contributed by atoms with Crippen molar-refractivity contribution < 1.29 is 9.59 Å². The lowest BCUT2D eigenvalue weighted by atomic mass is 9.88. The molecule has 4 atom stereocenters. The van der Waals surface area contributed by atoms with Gasteiger partial charge in [-0.25, -0.2) is 0 Å². The van der Waals surface area contributed by atoms with E-state index < -0.39 is 6.04 Å². The Kier molecular flexibility index (Phi) is 6.37. The van der Waals surface area contributed by atoms with Crippen LogP contribution in [0.2, 0.25) is 0 Å². The van der Waals surface area contributed by atoms with E-state index in [4.69, 9.17) is 5.73 Å². The predicted molar refractivity (Wildman–Crippen MR) is 89.4 cm³/mol. The molecule has 124 valence electrons. The molecule has 0 spiro atoms. The number of fused-ring (bicyclic) bond motifs is 2. The van der Waals surface area contributed by atoms with Crippen LogP contribution in [-0.4, -0.2) is 17.6 Å². The lowest BCUT2D eigenvalue weighted by molar-refractivity contribution is -0.137. The van der Waals surface area contributed by atoms with E-state index in [1.165, 1.54) is 32.1 Å². The van der Waals surface area contributed by atoms with Crippen molar-refractivity contribution >= 4 is 11.6 Å². The monoisotopic (exact) mass is 305 g/mol. The summed E-state index contributed by atoms with van der Waals surface area (Å²) in [4.78, 5) is 23.6. The van der Waals surface area contributed by atoms with E-state index in [0.717, 1.165) is 30.6 Å². The van der Waals surface area contributed by atoms with Crippen LogP contribution >= 0.6 is 0 Å². The molecule has 0 heterocycles. The molecule has 2 bridgehead atoms. The number of nitrogens with two attached hydrogens (primary N) is 1. The summed E-state index contributed by atoms with van der Waals surface area (Å²) in [5.74, 6) is 1.99. The van der Waals surface area contributed by atoms with Crippen LogP contribution in [-0.2, 0) is 9.59 Å². The van der Waals surface area contributed by atoms with Crippen LogP contribution in [0, 0.1) is 23.7 Å². The maximum absolute atomic E-state index is 11.8. The summed E-state index contributed by atoms with van der Waals surface area (Å²) in [6, 6.07) is -0.627. The van der Waals surface area contributed by atoms with Gasteiger partial charge >= 0.3 is 0 Å². The van der Waals surface area contributed by atoms with Crippen molar-refractivity contribution in [3.63, 3.8) is 0 Å². The van der Waals surface area contributed by atoms with Gasteiger partial charge in [-0.05, 0) is 49.4 Å². The van der Waals surface area contributed by atoms with Gasteiger partial charge in [0.05, 0.1) is 6.04 Å². The van der Waals surface area contributed by atoms with E-state index >= 15 is 0 Å². The molecule has 0 radical (unpaired) electrons. The molecule has 2 rings (SSSR count). The third kappa shape index (κ3) is 4.52. The van der Waals surface area contributed by atoms with Gasteiger partial charge in [0, 0.05) is 6.42 Å². The Morgan fingerprint density at radius 1 is 1.09 bits per heavy atom. The van der Waals surface area contributed by atoms with Gasteiger partial charge in [0.2, 0.25) is 5.78 Å². The van der Waals surface area contributed by atoms with Gasteiger partial charge in [-0.3, -0.25) is 9.59 Å². The molecule has 3 heteroatoms. The number of hydrogen-bond donors (Lipinski definition) is 1. The molecule has 2 aliphatic rings. The van der Waals surface area contributed by atoms with Crippen LogP contribution in [0.1, 0.15) is 65.2 Å². The van der Waals surface area contributed by atoms with Crippen LogP contribution in [0.3, 0.4) is 0 Å². The van der Waals surface area contributed by atoms with E-state index in [-0.39, 0.29) is 17.5 Å². The van der Waals surface area contributed by atoms with Crippen molar-refractivity contribution in [1.29, 1.82) is 0 Å². The Hall–Kier alpha value is -0.960. The minimum absolute atomic E-state index is 0.0345. The number of carbonyl (C=O) groups is 2. The molecule has 1 fully saturated rings. The van der Waals surface area contributed by atoms with Crippen molar-refractivity contribution in [2.75, 3.05) is 0 Å². The summed E-state index contributed by atoms with van der Waals surface area (Å²) in [5, 5.41) is 0. The predicted octanol–water partition coefficient (Wildman–Crippen LogP) is 3.66. The number of unbranched alkanes of at least 4 members (excludes halogenated alkanes) is 3. The van der Waals surface area contributed by atoms with E-state index in [1.807, 2.05) is 13.8 Å². The highest BCUT2D eigenvalue weighted by Crippen LogP contribution is 2.45. The van der Waals surface area contributed by atoms with Crippen molar-refractivity contribution in [2.45, 2.75) is 71.3 Å². The van der Waals surface area contributed by atoms with Crippen LogP contribution in [0.5, 0.6) is 0 Å². The third-order valence-electron chi connectivity index (χ3n) is 5.44. The fraction of sp³-hybridized carbons (Fsp3) is 0.789. The van der Waals surface area contributed by atoms with Crippen molar-refractivity contribution in [2.24, 2.45) is 29.4 Å². The Morgan fingerprint density at radius 2 is 1.82 bits per heavy atom. The molecule has 0 aliphatic heterocycles. The summed E-state index contributed by atoms with van der Waals surface area (Å²) in [6.07, 6.45) is 13.6. The number of ketones is 2. The zero-order valence-electron chi connectivity index (χ0n) is 14.1. The summed E-state index contributed by atoms with van der Waals surface area (Å²) in [5.41, 5.74) is 5.74. The van der Waals surface area contributed by atoms with E-state index in [2.05, 4.69) is 12.2 Å². The number of Topliss-reactive ketones (excluding diaryl/α,β-unsaturated/α-hetero) is 2. The second-order valence-corrected chi connectivity index (χ2v) is 7.55. The van der Waals surface area contributed by atoms with Crippen LogP contribution in [0.4, 0.5) is 0 Å². The van der Waals surface area contributed by atoms with E-state index in [9.17, 15) is 9.59 Å². The molecule has 3 nitrogen and oxygen atoms in total. The first-order valence-corrected chi connectivity index (χ1v) is 9.00. The van der Waals surface area contributed by atoms with Gasteiger partial charge in [-0.2, -0.15) is 0 Å². The average Bonchev–Trinajstić information content (AvgIpc) is 3.11. The van der Waals surface area contributed by atoms with Gasteiger partial charge in [0.1, 0.15) is 0 Å². The van der Waals surface area contributed by atoms with Gasteiger partial charge in [0.25, 0.3) is 0 Å². The number of carbonyl (C=O) groups excluding carboxylic acids is 2. The normalized spacial score (nSPS) is 27.5. The molecule has 2 N–H and O–H groups in total. The molecule has 0 aromatic rings. The first-order valence-electron chi connectivity index (χ1n) is 9.00. The topological polar surface area (TPSA) is 60.2 Å². The Balaban J connectivity index is 1.51. The number of hydrogen-bond acceptors (Lipinski definition) is 3. The first kappa shape index (κ1) is 17.4. The van der Waals surface area contributed by atoms with Gasteiger partial charge in [-0.15, -0.1) is 0 Å². The van der Waals surface area contributed by atoms with Crippen molar-refractivity contribution in [3.8, 4) is 0 Å². The van der Waals surface area contributed by atoms with Gasteiger partial charge < -0.3 is 5.73 Å². The molecular formula is C19H31NO2. The maximum atomic E-state index is 11.8. The van der Waals surface area contributed by atoms with Crippen molar-refractivity contribution in [3.05, 3.63) is 12.2 Å². The zero-order chi connectivity index (χ0) is 16.1. The average molecular weight is 305 g/mol. The fourth-order valence-corrected chi connectivity index (χ4v) is 3.88. The highest BCUT2D eigenvalue weighted by molar-refractivity contribution is 6.39. The lowest BCUT2D eigenvalue weighted by Gasteiger charge is -2.17. The number of rotatable bonds is 10. The van der Waals surface area contributed by atoms with Crippen LogP contribution in [0.25, 0.3) is 0 Å². The molecule has 0 aromatic carbocycles. The molecule has 0 aromatic heterocycles. The van der Waals surface area contributed by atoms with Gasteiger partial charge in [-0.1, -0.05) is 45.3 Å². The van der Waals surface area contributed by atoms with E-state index in [1.54, 1.807) is 0 Å². The summed E-state index contributed by atoms with van der Waals surface area (Å²) in [7, 11) is 0. The first-order chi connectivity index (χ1) is 10.5. The minimum Gasteiger partial charge on any atom is -0.321 e. The molecule has 2 aliphatic carbocycles. The molecular weight excluding hydrogens is 274 g/mol. The summed E-state index contributed by atoms with van der Waals surface area (Å²) >= 11 is 0. The fourth-order valence-electron chi connectivity index (χ4n) is 3.88. The van der Waals surface area contributed by atoms with Crippen LogP contribution < -0.4 is 5.73 Å². The summed E-state index contributed by atoms with van der Waals surface area (Å²) < 4.78 is 0. The highest BCUT2D eigenvalue weighted by Gasteiger charge is 2.34. The maximum Gasteiger partial charge on any atom is 0.215 e. The zero-order valence-corrected chi connectivity index (χ0v) is 14.1. The molecule has 3 unspecified atom stereocenters. The smallest absolute Gasteiger partial charge is 0.215 e. The Bertz CT molecular complexity index is 427. The van der Waals surface area contributed by atoms with Gasteiger partial charge in [0.15, 0.2) is 5.78 Å². The largest absolute Gasteiger partial charge is 0.321 e. The Morgan fingerprint density at radius 3 is 2.41 bits per heavy atom. The second kappa shape index (κ2) is 8.05. The minimum atomic E-state index is -0.627. The standard InChI is InChI=1S/C19H31NO2/c1-13(2)18(20)19(22)17(21)8-6-4-3-5-7-15-11-14-9-10-16(15)12-14/h9-10,13-16,18H,3-8,11-12,20H2,1-2H3/t14?,15?,16?,18-/m0/s1. The Labute approximate surface area is 134 Å². The van der Waals surface area contributed by atoms with E-state index in [0.29, 0.717) is 6.42 Å². The van der Waals surface area contributed by atoms with Crippen LogP contribution in [0.15, 0.2) is 12.2 Å². The molecule has 22 heavy (non-hydrogen) atoms.